The van der Waals surface area contributed by atoms with Gasteiger partial charge in [-0.1, -0.05) is 25.1 Å². The number of aryl methyl sites for hydroxylation is 1. The standard InChI is InChI=1S/C14H17N3O/c1-2-11-4-3-5-13(8-11)18-10-12-6-7-14(17-15)16-9-12/h3-9H,2,10,15H2,1H3,(H,16,17). The van der Waals surface area contributed by atoms with E-state index in [1.165, 1.54) is 5.56 Å². The summed E-state index contributed by atoms with van der Waals surface area (Å²) in [6.07, 6.45) is 2.76. The van der Waals surface area contributed by atoms with Crippen LogP contribution in [0.4, 0.5) is 5.82 Å². The van der Waals surface area contributed by atoms with Crippen molar-refractivity contribution in [3.8, 4) is 5.75 Å². The normalized spacial score (nSPS) is 10.1. The Labute approximate surface area is 107 Å². The SMILES string of the molecule is CCc1cccc(OCc2ccc(NN)nc2)c1. The molecule has 0 radical (unpaired) electrons. The maximum absolute atomic E-state index is 5.72. The summed E-state index contributed by atoms with van der Waals surface area (Å²) < 4.78 is 5.72. The molecule has 0 aliphatic carbocycles. The van der Waals surface area contributed by atoms with E-state index >= 15 is 0 Å². The summed E-state index contributed by atoms with van der Waals surface area (Å²) in [6, 6.07) is 11.9. The maximum Gasteiger partial charge on any atom is 0.139 e. The van der Waals surface area contributed by atoms with Crippen molar-refractivity contribution < 1.29 is 4.74 Å². The van der Waals surface area contributed by atoms with E-state index < -0.39 is 0 Å². The van der Waals surface area contributed by atoms with Crippen molar-refractivity contribution in [2.75, 3.05) is 5.43 Å². The number of nitrogens with two attached hydrogens (primary N) is 1. The van der Waals surface area contributed by atoms with Crippen LogP contribution in [0, 0.1) is 0 Å². The first-order valence-corrected chi connectivity index (χ1v) is 5.95. The van der Waals surface area contributed by atoms with Crippen LogP contribution in [0.2, 0.25) is 0 Å². The third-order valence-electron chi connectivity index (χ3n) is 2.68. The lowest BCUT2D eigenvalue weighted by Crippen LogP contribution is -2.08. The molecule has 0 aliphatic heterocycles. The fourth-order valence-electron chi connectivity index (χ4n) is 1.62. The van der Waals surface area contributed by atoms with Crippen molar-refractivity contribution in [1.29, 1.82) is 0 Å². The molecule has 3 N–H and O–H groups in total. The molecule has 0 saturated heterocycles. The lowest BCUT2D eigenvalue weighted by Gasteiger charge is -2.07. The average Bonchev–Trinajstić information content (AvgIpc) is 2.46. The van der Waals surface area contributed by atoms with Crippen molar-refractivity contribution in [1.82, 2.24) is 4.98 Å². The molecular weight excluding hydrogens is 226 g/mol. The summed E-state index contributed by atoms with van der Waals surface area (Å²) in [4.78, 5) is 4.13. The van der Waals surface area contributed by atoms with E-state index in [2.05, 4.69) is 29.5 Å². The molecule has 0 unspecified atom stereocenters. The highest BCUT2D eigenvalue weighted by molar-refractivity contribution is 5.34. The van der Waals surface area contributed by atoms with Gasteiger partial charge >= 0.3 is 0 Å². The molecule has 1 aromatic carbocycles. The summed E-state index contributed by atoms with van der Waals surface area (Å²) in [6.45, 7) is 2.63. The number of nitrogens with zero attached hydrogens (tertiary/aromatic N) is 1. The smallest absolute Gasteiger partial charge is 0.139 e. The first kappa shape index (κ1) is 12.4. The number of hydrogen-bond acceptors (Lipinski definition) is 4. The van der Waals surface area contributed by atoms with Gasteiger partial charge < -0.3 is 10.2 Å². The lowest BCUT2D eigenvalue weighted by atomic mass is 10.2. The number of pyridine rings is 1. The van der Waals surface area contributed by atoms with E-state index in [0.29, 0.717) is 12.4 Å². The summed E-state index contributed by atoms with van der Waals surface area (Å²) in [5, 5.41) is 0. The number of hydrogen-bond donors (Lipinski definition) is 2. The summed E-state index contributed by atoms with van der Waals surface area (Å²) in [5.74, 6) is 6.78. The maximum atomic E-state index is 5.72. The van der Waals surface area contributed by atoms with Crippen molar-refractivity contribution >= 4 is 5.82 Å². The van der Waals surface area contributed by atoms with Gasteiger partial charge in [0.25, 0.3) is 0 Å². The van der Waals surface area contributed by atoms with Crippen molar-refractivity contribution in [3.05, 3.63) is 53.7 Å². The first-order chi connectivity index (χ1) is 8.81. The van der Waals surface area contributed by atoms with Crippen molar-refractivity contribution in [2.45, 2.75) is 20.0 Å². The molecule has 2 aromatic rings. The third-order valence-corrected chi connectivity index (χ3v) is 2.68. The molecule has 2 rings (SSSR count). The van der Waals surface area contributed by atoms with Crippen LogP contribution in [-0.4, -0.2) is 4.98 Å². The minimum Gasteiger partial charge on any atom is -0.489 e. The second kappa shape index (κ2) is 6.02. The number of ether oxygens (including phenoxy) is 1. The number of nitrogen functional groups attached to an aromatic ring is 1. The molecule has 4 nitrogen and oxygen atoms in total. The van der Waals surface area contributed by atoms with Crippen LogP contribution in [-0.2, 0) is 13.0 Å². The van der Waals surface area contributed by atoms with Crippen LogP contribution in [0.1, 0.15) is 18.1 Å². The predicted octanol–water partition coefficient (Wildman–Crippen LogP) is 2.51. The molecule has 1 aromatic heterocycles. The van der Waals surface area contributed by atoms with Gasteiger partial charge in [-0.25, -0.2) is 10.8 Å². The molecule has 0 spiro atoms. The molecule has 94 valence electrons. The highest BCUT2D eigenvalue weighted by Crippen LogP contribution is 2.15. The van der Waals surface area contributed by atoms with E-state index in [0.717, 1.165) is 17.7 Å². The van der Waals surface area contributed by atoms with Gasteiger partial charge in [0.1, 0.15) is 18.2 Å². The van der Waals surface area contributed by atoms with Gasteiger partial charge in [-0.2, -0.15) is 0 Å². The van der Waals surface area contributed by atoms with Gasteiger partial charge in [0.2, 0.25) is 0 Å². The average molecular weight is 243 g/mol. The molecule has 0 fully saturated rings. The van der Waals surface area contributed by atoms with Gasteiger partial charge in [0, 0.05) is 11.8 Å². The second-order valence-corrected chi connectivity index (χ2v) is 3.99. The Balaban J connectivity index is 1.97. The quantitative estimate of drug-likeness (QED) is 0.625. The summed E-state index contributed by atoms with van der Waals surface area (Å²) in [5.41, 5.74) is 4.77. The molecule has 0 bridgehead atoms. The van der Waals surface area contributed by atoms with Crippen LogP contribution in [0.3, 0.4) is 0 Å². The lowest BCUT2D eigenvalue weighted by molar-refractivity contribution is 0.305. The van der Waals surface area contributed by atoms with Gasteiger partial charge in [-0.3, -0.25) is 0 Å². The highest BCUT2D eigenvalue weighted by atomic mass is 16.5. The Morgan fingerprint density at radius 3 is 2.78 bits per heavy atom. The number of nitrogens with one attached hydrogen (secondary N) is 1. The van der Waals surface area contributed by atoms with Crippen LogP contribution < -0.4 is 16.0 Å². The van der Waals surface area contributed by atoms with Crippen LogP contribution in [0.25, 0.3) is 0 Å². The molecule has 0 aliphatic rings. The zero-order valence-corrected chi connectivity index (χ0v) is 10.4. The monoisotopic (exact) mass is 243 g/mol. The number of benzene rings is 1. The minimum absolute atomic E-state index is 0.505. The summed E-state index contributed by atoms with van der Waals surface area (Å²) >= 11 is 0. The van der Waals surface area contributed by atoms with Crippen LogP contribution >= 0.6 is 0 Å². The molecule has 0 atom stereocenters. The van der Waals surface area contributed by atoms with Gasteiger partial charge in [-0.05, 0) is 30.2 Å². The molecule has 1 heterocycles. The van der Waals surface area contributed by atoms with Gasteiger partial charge in [0.05, 0.1) is 0 Å². The van der Waals surface area contributed by atoms with Gasteiger partial charge in [0.15, 0.2) is 0 Å². The van der Waals surface area contributed by atoms with Gasteiger partial charge in [-0.15, -0.1) is 0 Å². The highest BCUT2D eigenvalue weighted by Gasteiger charge is 1.98. The largest absolute Gasteiger partial charge is 0.489 e. The Kier molecular flexibility index (Phi) is 4.15. The molecular formula is C14H17N3O. The van der Waals surface area contributed by atoms with E-state index in [1.807, 2.05) is 24.3 Å². The predicted molar refractivity (Wildman–Crippen MR) is 72.2 cm³/mol. The second-order valence-electron chi connectivity index (χ2n) is 3.99. The molecule has 0 saturated carbocycles. The topological polar surface area (TPSA) is 60.2 Å². The number of hydrazine groups is 1. The number of anilines is 1. The van der Waals surface area contributed by atoms with Crippen LogP contribution in [0.15, 0.2) is 42.6 Å². The van der Waals surface area contributed by atoms with E-state index in [1.54, 1.807) is 6.20 Å². The van der Waals surface area contributed by atoms with E-state index in [-0.39, 0.29) is 0 Å². The third kappa shape index (κ3) is 3.21. The summed E-state index contributed by atoms with van der Waals surface area (Å²) in [7, 11) is 0. The fraction of sp³-hybridized carbons (Fsp3) is 0.214. The zero-order valence-electron chi connectivity index (χ0n) is 10.4. The first-order valence-electron chi connectivity index (χ1n) is 5.95. The van der Waals surface area contributed by atoms with E-state index in [4.69, 9.17) is 10.6 Å². The number of aromatic nitrogens is 1. The fourth-order valence-corrected chi connectivity index (χ4v) is 1.62. The van der Waals surface area contributed by atoms with Crippen molar-refractivity contribution in [3.63, 3.8) is 0 Å². The van der Waals surface area contributed by atoms with Crippen molar-refractivity contribution in [2.24, 2.45) is 5.84 Å². The number of rotatable bonds is 5. The Bertz CT molecular complexity index is 497. The Morgan fingerprint density at radius 1 is 1.22 bits per heavy atom. The zero-order chi connectivity index (χ0) is 12.8. The molecule has 0 amide bonds. The van der Waals surface area contributed by atoms with E-state index in [9.17, 15) is 0 Å². The molecule has 4 heteroatoms. The minimum atomic E-state index is 0.505. The van der Waals surface area contributed by atoms with Crippen LogP contribution in [0.5, 0.6) is 5.75 Å². The Hall–Kier alpha value is -2.07. The molecule has 18 heavy (non-hydrogen) atoms. The Morgan fingerprint density at radius 2 is 2.11 bits per heavy atom.